The highest BCUT2D eigenvalue weighted by Crippen LogP contribution is 2.13. The van der Waals surface area contributed by atoms with E-state index in [-0.39, 0.29) is 44.6 Å². The molecule has 0 fully saturated rings. The second kappa shape index (κ2) is 31.7. The number of amides is 7. The number of carbonyl (C=O) groups is 8. The summed E-state index contributed by atoms with van der Waals surface area (Å²) in [6, 6.07) is -8.60. The van der Waals surface area contributed by atoms with Crippen LogP contribution in [-0.2, 0) is 38.4 Å². The van der Waals surface area contributed by atoms with Gasteiger partial charge in [0.25, 0.3) is 0 Å². The standard InChI is InChI=1S/C39H76N14O9/c1-5-23(4)31(53-32(55)24(43)21-29(44)54)37(60)52-30(22(2)3)36(59)50-27(16-12-20-47-39(45)46)34(57)48-25(13-6-9-17-40)33(56)49-26(14-7-10-18-41)35(58)51-28(38(61)62)15-8-11-19-42/h22-28,30-31H,5-21,40-43H2,1-4H3,(H2,44,54)(H,48,57)(H,49,56)(H,50,59)(H,51,58)(H,52,60)(H,53,55)(H,61,62)(H4,45,46,47)/t23-,24-,25-,26-,27-,28-,30-,31-/m0/s1. The molecule has 23 nitrogen and oxygen atoms in total. The van der Waals surface area contributed by atoms with Gasteiger partial charge in [-0.15, -0.1) is 0 Å². The molecular weight excluding hydrogens is 809 g/mol. The van der Waals surface area contributed by atoms with Crippen molar-refractivity contribution in [1.29, 1.82) is 0 Å². The summed E-state index contributed by atoms with van der Waals surface area (Å²) in [5, 5.41) is 25.6. The summed E-state index contributed by atoms with van der Waals surface area (Å²) < 4.78 is 0. The van der Waals surface area contributed by atoms with Crippen LogP contribution in [0.5, 0.6) is 0 Å². The first-order valence-electron chi connectivity index (χ1n) is 21.5. The zero-order valence-corrected chi connectivity index (χ0v) is 36.9. The van der Waals surface area contributed by atoms with Gasteiger partial charge in [0.1, 0.15) is 36.3 Å². The molecule has 23 heteroatoms. The molecule has 0 rings (SSSR count). The second-order valence-electron chi connectivity index (χ2n) is 15.8. The maximum atomic E-state index is 14.1. The summed E-state index contributed by atoms with van der Waals surface area (Å²) in [5.74, 6) is -7.69. The Bertz CT molecular complexity index is 1460. The lowest BCUT2D eigenvalue weighted by Gasteiger charge is -2.30. The van der Waals surface area contributed by atoms with E-state index in [4.69, 9.17) is 40.1 Å². The molecule has 0 unspecified atom stereocenters. The molecule has 0 aromatic rings. The highest BCUT2D eigenvalue weighted by Gasteiger charge is 2.35. The zero-order valence-electron chi connectivity index (χ0n) is 36.9. The zero-order chi connectivity index (χ0) is 47.4. The number of aliphatic imine (C=N–C) groups is 1. The number of carboxylic acids is 1. The van der Waals surface area contributed by atoms with Gasteiger partial charge >= 0.3 is 5.97 Å². The van der Waals surface area contributed by atoms with Gasteiger partial charge in [0.2, 0.25) is 41.4 Å². The molecule has 0 aromatic carbocycles. The van der Waals surface area contributed by atoms with Gasteiger partial charge in [0, 0.05) is 6.54 Å². The second-order valence-corrected chi connectivity index (χ2v) is 15.8. The van der Waals surface area contributed by atoms with Crippen LogP contribution in [0.3, 0.4) is 0 Å². The molecule has 7 amide bonds. The van der Waals surface area contributed by atoms with Crippen molar-refractivity contribution >= 4 is 53.3 Å². The largest absolute Gasteiger partial charge is 0.480 e. The number of rotatable bonds is 34. The maximum Gasteiger partial charge on any atom is 0.326 e. The van der Waals surface area contributed by atoms with E-state index in [1.165, 1.54) is 0 Å². The quantitative estimate of drug-likeness (QED) is 0.0168. The maximum absolute atomic E-state index is 14.1. The molecule has 0 spiro atoms. The first-order valence-corrected chi connectivity index (χ1v) is 21.5. The minimum Gasteiger partial charge on any atom is -0.480 e. The van der Waals surface area contributed by atoms with Crippen LogP contribution in [0.4, 0.5) is 0 Å². The summed E-state index contributed by atoms with van der Waals surface area (Å²) in [6.07, 6.45) is 3.35. The van der Waals surface area contributed by atoms with Crippen LogP contribution in [0.1, 0.15) is 111 Å². The van der Waals surface area contributed by atoms with E-state index in [9.17, 15) is 43.5 Å². The fourth-order valence-corrected chi connectivity index (χ4v) is 6.17. The topological polar surface area (TPSA) is 423 Å². The Morgan fingerprint density at radius 3 is 1.31 bits per heavy atom. The smallest absolute Gasteiger partial charge is 0.326 e. The Hall–Kier alpha value is -5.13. The van der Waals surface area contributed by atoms with Crippen LogP contribution >= 0.6 is 0 Å². The fourth-order valence-electron chi connectivity index (χ4n) is 6.17. The molecule has 0 saturated carbocycles. The van der Waals surface area contributed by atoms with Gasteiger partial charge in [-0.1, -0.05) is 34.1 Å². The number of aliphatic carboxylic acids is 1. The number of guanidine groups is 1. The average Bonchev–Trinajstić information content (AvgIpc) is 3.20. The van der Waals surface area contributed by atoms with Crippen molar-refractivity contribution in [3.63, 3.8) is 0 Å². The number of nitrogens with zero attached hydrogens (tertiary/aromatic N) is 1. The van der Waals surface area contributed by atoms with Gasteiger partial charge < -0.3 is 77.1 Å². The van der Waals surface area contributed by atoms with Crippen molar-refractivity contribution in [3.05, 3.63) is 0 Å². The number of nitrogens with two attached hydrogens (primary N) is 7. The molecule has 0 aromatic heterocycles. The molecule has 0 aliphatic carbocycles. The van der Waals surface area contributed by atoms with Gasteiger partial charge in [0.05, 0.1) is 12.5 Å². The van der Waals surface area contributed by atoms with Crippen molar-refractivity contribution in [3.8, 4) is 0 Å². The molecule has 0 heterocycles. The van der Waals surface area contributed by atoms with Crippen molar-refractivity contribution in [1.82, 2.24) is 31.9 Å². The Morgan fingerprint density at radius 1 is 0.532 bits per heavy atom. The van der Waals surface area contributed by atoms with E-state index in [0.717, 1.165) is 0 Å². The van der Waals surface area contributed by atoms with E-state index in [1.807, 2.05) is 0 Å². The molecule has 0 aliphatic rings. The number of unbranched alkanes of at least 4 members (excludes halogenated alkanes) is 3. The SMILES string of the molecule is CC[C@H](C)[C@H](NC(=O)[C@@H](N)CC(N)=O)C(=O)N[C@H](C(=O)N[C@@H](CCCN=C(N)N)C(=O)N[C@@H](CCCCN)C(=O)N[C@@H](CCCCN)C(=O)N[C@@H](CCCCN)C(=O)O)C(C)C. The van der Waals surface area contributed by atoms with Crippen LogP contribution in [0.15, 0.2) is 4.99 Å². The minimum atomic E-state index is -1.31. The van der Waals surface area contributed by atoms with Crippen molar-refractivity contribution in [2.24, 2.45) is 57.0 Å². The summed E-state index contributed by atoms with van der Waals surface area (Å²) in [4.78, 5) is 109. The van der Waals surface area contributed by atoms with Crippen molar-refractivity contribution in [2.45, 2.75) is 153 Å². The van der Waals surface area contributed by atoms with Crippen LogP contribution < -0.4 is 72.0 Å². The lowest BCUT2D eigenvalue weighted by molar-refractivity contribution is -0.142. The normalized spacial score (nSPS) is 15.0. The van der Waals surface area contributed by atoms with Crippen LogP contribution in [-0.4, -0.2) is 127 Å². The molecular formula is C39H76N14O9. The molecule has 0 aliphatic heterocycles. The number of primary amides is 1. The van der Waals surface area contributed by atoms with E-state index < -0.39 is 108 Å². The molecule has 21 N–H and O–H groups in total. The third kappa shape index (κ3) is 23.2. The Kier molecular flexibility index (Phi) is 29.1. The predicted octanol–water partition coefficient (Wildman–Crippen LogP) is -3.67. The van der Waals surface area contributed by atoms with E-state index >= 15 is 0 Å². The third-order valence-corrected chi connectivity index (χ3v) is 10.1. The molecule has 0 radical (unpaired) electrons. The Labute approximate surface area is 364 Å². The van der Waals surface area contributed by atoms with Crippen LogP contribution in [0.2, 0.25) is 0 Å². The molecule has 62 heavy (non-hydrogen) atoms. The van der Waals surface area contributed by atoms with Crippen LogP contribution in [0, 0.1) is 11.8 Å². The molecule has 0 saturated heterocycles. The first-order chi connectivity index (χ1) is 29.2. The number of hydrogen-bond donors (Lipinski definition) is 14. The fraction of sp³-hybridized carbons (Fsp3) is 0.769. The Balaban J connectivity index is 6.57. The highest BCUT2D eigenvalue weighted by molar-refractivity contribution is 5.97. The van der Waals surface area contributed by atoms with Crippen molar-refractivity contribution in [2.75, 3.05) is 26.2 Å². The van der Waals surface area contributed by atoms with Crippen LogP contribution in [0.25, 0.3) is 0 Å². The molecule has 0 bridgehead atoms. The van der Waals surface area contributed by atoms with Gasteiger partial charge in [-0.05, 0) is 102 Å². The number of nitrogens with one attached hydrogen (secondary N) is 6. The predicted molar refractivity (Wildman–Crippen MR) is 234 cm³/mol. The molecule has 356 valence electrons. The summed E-state index contributed by atoms with van der Waals surface area (Å²) in [5.41, 5.74) is 38.9. The third-order valence-electron chi connectivity index (χ3n) is 10.1. The minimum absolute atomic E-state index is 0.0155. The monoisotopic (exact) mass is 885 g/mol. The van der Waals surface area contributed by atoms with E-state index in [0.29, 0.717) is 64.6 Å². The summed E-state index contributed by atoms with van der Waals surface area (Å²) in [6.45, 7) is 7.87. The lowest BCUT2D eigenvalue weighted by Crippen LogP contribution is -2.61. The Morgan fingerprint density at radius 2 is 0.919 bits per heavy atom. The number of carboxylic acid groups (broad SMARTS) is 1. The average molecular weight is 885 g/mol. The van der Waals surface area contributed by atoms with Gasteiger partial charge in [-0.3, -0.25) is 38.6 Å². The first kappa shape index (κ1) is 56.9. The number of carbonyl (C=O) groups excluding carboxylic acids is 7. The van der Waals surface area contributed by atoms with Gasteiger partial charge in [0.15, 0.2) is 5.96 Å². The van der Waals surface area contributed by atoms with E-state index in [2.05, 4.69) is 36.9 Å². The summed E-state index contributed by atoms with van der Waals surface area (Å²) >= 11 is 0. The molecule has 8 atom stereocenters. The summed E-state index contributed by atoms with van der Waals surface area (Å²) in [7, 11) is 0. The van der Waals surface area contributed by atoms with Gasteiger partial charge in [-0.25, -0.2) is 4.79 Å². The highest BCUT2D eigenvalue weighted by atomic mass is 16.4. The lowest BCUT2D eigenvalue weighted by atomic mass is 9.95. The van der Waals surface area contributed by atoms with E-state index in [1.54, 1.807) is 27.7 Å². The van der Waals surface area contributed by atoms with Crippen molar-refractivity contribution < 1.29 is 43.5 Å². The number of hydrogen-bond acceptors (Lipinski definition) is 13. The van der Waals surface area contributed by atoms with Gasteiger partial charge in [-0.2, -0.15) is 0 Å².